The maximum absolute atomic E-state index is 2.34. The van der Waals surface area contributed by atoms with Crippen LogP contribution in [-0.2, 0) is 5.41 Å². The SMILES string of the molecule is c1ccc(-c2ccc(-c3ccc(N(c4ccccc4)c4ccc(-c5ccc(C6(c7ccccc7)c7ccccc7-c7ccccc76)cc5)cc4)cc3)cc2)cc1. The maximum Gasteiger partial charge on any atom is 0.0713 e. The highest BCUT2D eigenvalue weighted by Crippen LogP contribution is 2.56. The summed E-state index contributed by atoms with van der Waals surface area (Å²) < 4.78 is 0. The number of para-hydroxylation sites is 1. The molecule has 0 radical (unpaired) electrons. The predicted molar refractivity (Wildman–Crippen MR) is 235 cm³/mol. The minimum Gasteiger partial charge on any atom is -0.311 e. The lowest BCUT2D eigenvalue weighted by Gasteiger charge is -2.34. The summed E-state index contributed by atoms with van der Waals surface area (Å²) in [5, 5.41) is 0. The monoisotopic (exact) mass is 713 g/mol. The van der Waals surface area contributed by atoms with Crippen LogP contribution in [-0.4, -0.2) is 0 Å². The third-order valence-corrected chi connectivity index (χ3v) is 11.4. The first kappa shape index (κ1) is 33.4. The molecule has 9 aromatic carbocycles. The van der Waals surface area contributed by atoms with E-state index in [1.165, 1.54) is 66.8 Å². The standard InChI is InChI=1S/C55H39N/c1-4-14-40(15-5-1)41-24-26-42(27-25-41)44-30-36-49(37-31-44)56(48-18-8-3-9-19-48)50-38-32-45(33-39-50)43-28-34-47(35-29-43)55(46-16-6-2-7-17-46)53-22-12-10-20-51(53)52-21-11-13-23-54(52)55/h1-39H. The molecule has 0 saturated heterocycles. The molecule has 0 spiro atoms. The molecule has 10 rings (SSSR count). The van der Waals surface area contributed by atoms with Gasteiger partial charge < -0.3 is 4.90 Å². The van der Waals surface area contributed by atoms with Crippen LogP contribution in [0.4, 0.5) is 17.1 Å². The van der Waals surface area contributed by atoms with Crippen molar-refractivity contribution in [3.05, 3.63) is 259 Å². The van der Waals surface area contributed by atoms with Crippen molar-refractivity contribution in [3.8, 4) is 44.5 Å². The van der Waals surface area contributed by atoms with Crippen LogP contribution in [0.5, 0.6) is 0 Å². The lowest BCUT2D eigenvalue weighted by Crippen LogP contribution is -2.28. The first-order chi connectivity index (χ1) is 27.8. The predicted octanol–water partition coefficient (Wildman–Crippen LogP) is 14.5. The van der Waals surface area contributed by atoms with E-state index in [1.807, 2.05) is 0 Å². The summed E-state index contributed by atoms with van der Waals surface area (Å²) in [4.78, 5) is 2.33. The van der Waals surface area contributed by atoms with Crippen LogP contribution in [0.3, 0.4) is 0 Å². The Balaban J connectivity index is 0.969. The van der Waals surface area contributed by atoms with E-state index in [0.29, 0.717) is 0 Å². The number of nitrogens with zero attached hydrogens (tertiary/aromatic N) is 1. The Morgan fingerprint density at radius 3 is 1.00 bits per heavy atom. The molecule has 0 atom stereocenters. The van der Waals surface area contributed by atoms with Crippen LogP contribution < -0.4 is 4.90 Å². The molecule has 0 bridgehead atoms. The summed E-state index contributed by atoms with van der Waals surface area (Å²) in [5.74, 6) is 0. The molecule has 0 fully saturated rings. The second kappa shape index (κ2) is 14.2. The summed E-state index contributed by atoms with van der Waals surface area (Å²) >= 11 is 0. The summed E-state index contributed by atoms with van der Waals surface area (Å²) in [6.07, 6.45) is 0. The van der Waals surface area contributed by atoms with Crippen molar-refractivity contribution < 1.29 is 0 Å². The molecule has 1 nitrogen and oxygen atoms in total. The van der Waals surface area contributed by atoms with Gasteiger partial charge in [0.1, 0.15) is 0 Å². The Morgan fingerprint density at radius 2 is 0.536 bits per heavy atom. The average molecular weight is 714 g/mol. The van der Waals surface area contributed by atoms with Gasteiger partial charge in [0.05, 0.1) is 5.41 Å². The van der Waals surface area contributed by atoms with Crippen molar-refractivity contribution in [2.45, 2.75) is 5.41 Å². The van der Waals surface area contributed by atoms with Gasteiger partial charge in [-0.2, -0.15) is 0 Å². The molecular formula is C55H39N. The van der Waals surface area contributed by atoms with Crippen LogP contribution in [0, 0.1) is 0 Å². The van der Waals surface area contributed by atoms with E-state index in [2.05, 4.69) is 241 Å². The number of hydrogen-bond acceptors (Lipinski definition) is 1. The molecule has 0 aliphatic heterocycles. The summed E-state index contributed by atoms with van der Waals surface area (Å²) in [7, 11) is 0. The molecule has 1 aliphatic rings. The van der Waals surface area contributed by atoms with Gasteiger partial charge in [-0.05, 0) is 103 Å². The van der Waals surface area contributed by atoms with Crippen LogP contribution in [0.2, 0.25) is 0 Å². The van der Waals surface area contributed by atoms with Gasteiger partial charge in [0.25, 0.3) is 0 Å². The second-order valence-electron chi connectivity index (χ2n) is 14.5. The highest BCUT2D eigenvalue weighted by atomic mass is 15.1. The normalized spacial score (nSPS) is 12.4. The Labute approximate surface area is 329 Å². The summed E-state index contributed by atoms with van der Waals surface area (Å²) in [6.45, 7) is 0. The van der Waals surface area contributed by atoms with Crippen molar-refractivity contribution in [1.29, 1.82) is 0 Å². The zero-order valence-electron chi connectivity index (χ0n) is 31.0. The van der Waals surface area contributed by atoms with Gasteiger partial charge in [0.2, 0.25) is 0 Å². The minimum atomic E-state index is -0.395. The third-order valence-electron chi connectivity index (χ3n) is 11.4. The van der Waals surface area contributed by atoms with Gasteiger partial charge in [-0.3, -0.25) is 0 Å². The molecule has 264 valence electrons. The highest BCUT2D eigenvalue weighted by Gasteiger charge is 2.45. The van der Waals surface area contributed by atoms with Crippen molar-refractivity contribution in [2.75, 3.05) is 4.90 Å². The zero-order chi connectivity index (χ0) is 37.3. The molecule has 0 amide bonds. The third kappa shape index (κ3) is 5.73. The van der Waals surface area contributed by atoms with Crippen molar-refractivity contribution in [3.63, 3.8) is 0 Å². The smallest absolute Gasteiger partial charge is 0.0713 e. The van der Waals surface area contributed by atoms with Gasteiger partial charge in [-0.25, -0.2) is 0 Å². The molecule has 1 aliphatic carbocycles. The fourth-order valence-corrected chi connectivity index (χ4v) is 8.74. The largest absolute Gasteiger partial charge is 0.311 e. The molecular weight excluding hydrogens is 675 g/mol. The van der Waals surface area contributed by atoms with Gasteiger partial charge in [0.15, 0.2) is 0 Å². The average Bonchev–Trinajstić information content (AvgIpc) is 3.59. The van der Waals surface area contributed by atoms with Gasteiger partial charge in [0, 0.05) is 17.1 Å². The Morgan fingerprint density at radius 1 is 0.232 bits per heavy atom. The number of benzene rings is 9. The van der Waals surface area contributed by atoms with Gasteiger partial charge >= 0.3 is 0 Å². The molecule has 0 heterocycles. The molecule has 0 unspecified atom stereocenters. The molecule has 56 heavy (non-hydrogen) atoms. The van der Waals surface area contributed by atoms with Gasteiger partial charge in [-0.1, -0.05) is 200 Å². The van der Waals surface area contributed by atoms with Crippen LogP contribution in [0.15, 0.2) is 237 Å². The zero-order valence-corrected chi connectivity index (χ0v) is 31.0. The molecule has 1 heteroatoms. The van der Waals surface area contributed by atoms with Crippen molar-refractivity contribution in [2.24, 2.45) is 0 Å². The van der Waals surface area contributed by atoms with E-state index < -0.39 is 5.41 Å². The van der Waals surface area contributed by atoms with Crippen LogP contribution in [0.25, 0.3) is 44.5 Å². The van der Waals surface area contributed by atoms with E-state index in [4.69, 9.17) is 0 Å². The Hall–Kier alpha value is -7.22. The van der Waals surface area contributed by atoms with E-state index in [-0.39, 0.29) is 0 Å². The van der Waals surface area contributed by atoms with Crippen molar-refractivity contribution in [1.82, 2.24) is 0 Å². The fourth-order valence-electron chi connectivity index (χ4n) is 8.74. The quantitative estimate of drug-likeness (QED) is 0.152. The molecule has 0 saturated carbocycles. The van der Waals surface area contributed by atoms with E-state index in [1.54, 1.807) is 0 Å². The molecule has 9 aromatic rings. The van der Waals surface area contributed by atoms with Crippen molar-refractivity contribution >= 4 is 17.1 Å². The topological polar surface area (TPSA) is 3.24 Å². The molecule has 0 N–H and O–H groups in total. The van der Waals surface area contributed by atoms with E-state index in [0.717, 1.165) is 17.1 Å². The van der Waals surface area contributed by atoms with E-state index >= 15 is 0 Å². The number of anilines is 3. The van der Waals surface area contributed by atoms with E-state index in [9.17, 15) is 0 Å². The highest BCUT2D eigenvalue weighted by molar-refractivity contribution is 5.87. The summed E-state index contributed by atoms with van der Waals surface area (Å²) in [5.41, 5.74) is 18.0. The maximum atomic E-state index is 2.34. The van der Waals surface area contributed by atoms with Crippen LogP contribution >= 0.6 is 0 Å². The first-order valence-electron chi connectivity index (χ1n) is 19.3. The first-order valence-corrected chi connectivity index (χ1v) is 19.3. The Kier molecular flexibility index (Phi) is 8.46. The number of fused-ring (bicyclic) bond motifs is 3. The number of rotatable bonds is 8. The minimum absolute atomic E-state index is 0.395. The number of hydrogen-bond donors (Lipinski definition) is 0. The Bertz CT molecular complexity index is 2690. The fraction of sp³-hybridized carbons (Fsp3) is 0.0182. The second-order valence-corrected chi connectivity index (χ2v) is 14.5. The molecule has 0 aromatic heterocycles. The lowest BCUT2D eigenvalue weighted by molar-refractivity contribution is 0.768. The van der Waals surface area contributed by atoms with Crippen LogP contribution in [0.1, 0.15) is 22.3 Å². The lowest BCUT2D eigenvalue weighted by atomic mass is 9.67. The van der Waals surface area contributed by atoms with Gasteiger partial charge in [-0.15, -0.1) is 0 Å². The summed E-state index contributed by atoms with van der Waals surface area (Å²) in [6, 6.07) is 85.9.